The van der Waals surface area contributed by atoms with Crippen LogP contribution in [0.3, 0.4) is 0 Å². The Morgan fingerprint density at radius 2 is 1.85 bits per heavy atom. The number of pyridine rings is 2. The Hall–Kier alpha value is -3.67. The maximum Gasteiger partial charge on any atom is 0.176 e. The number of aromatic nitrogens is 2. The highest BCUT2D eigenvalue weighted by Gasteiger charge is 2.23. The van der Waals surface area contributed by atoms with Gasteiger partial charge in [0.25, 0.3) is 0 Å². The predicted molar refractivity (Wildman–Crippen MR) is 146 cm³/mol. The number of nitrogens with zero attached hydrogens (tertiary/aromatic N) is 3. The predicted octanol–water partition coefficient (Wildman–Crippen LogP) is 4.92. The van der Waals surface area contributed by atoms with Crippen molar-refractivity contribution in [1.29, 1.82) is 0 Å². The van der Waals surface area contributed by atoms with E-state index in [1.54, 1.807) is 32.3 Å². The number of halogens is 2. The summed E-state index contributed by atoms with van der Waals surface area (Å²) in [5.74, 6) is -1.63. The number of aliphatic hydroxyl groups excluding tert-OH is 1. The molecule has 204 valence electrons. The van der Waals surface area contributed by atoms with Gasteiger partial charge in [-0.1, -0.05) is 6.07 Å². The lowest BCUT2D eigenvalue weighted by molar-refractivity contribution is 0.122. The number of nitrogens with one attached hydrogen (secondary N) is 1. The first-order chi connectivity index (χ1) is 18.5. The monoisotopic (exact) mass is 554 g/mol. The van der Waals surface area contributed by atoms with Crippen molar-refractivity contribution in [2.75, 3.05) is 42.8 Å². The molecule has 0 aliphatic carbocycles. The molecule has 1 fully saturated rings. The van der Waals surface area contributed by atoms with E-state index in [1.807, 2.05) is 6.07 Å². The summed E-state index contributed by atoms with van der Waals surface area (Å²) in [6, 6.07) is 8.25. The zero-order chi connectivity index (χ0) is 27.9. The molecule has 8 nitrogen and oxygen atoms in total. The topological polar surface area (TPSA) is 105 Å². The van der Waals surface area contributed by atoms with Crippen LogP contribution >= 0.6 is 0 Å². The van der Waals surface area contributed by atoms with Crippen LogP contribution in [-0.4, -0.2) is 56.1 Å². The lowest BCUT2D eigenvalue weighted by Crippen LogP contribution is -2.36. The van der Waals surface area contributed by atoms with Gasteiger partial charge in [-0.05, 0) is 43.2 Å². The number of hydrogen-bond donors (Lipinski definition) is 2. The van der Waals surface area contributed by atoms with E-state index in [2.05, 4.69) is 20.2 Å². The Morgan fingerprint density at radius 3 is 2.54 bits per heavy atom. The molecule has 39 heavy (non-hydrogen) atoms. The van der Waals surface area contributed by atoms with Gasteiger partial charge in [0.2, 0.25) is 0 Å². The quantitative estimate of drug-likeness (QED) is 0.346. The molecule has 1 aliphatic heterocycles. The zero-order valence-corrected chi connectivity index (χ0v) is 22.5. The summed E-state index contributed by atoms with van der Waals surface area (Å²) in [5, 5.41) is 13.5. The van der Waals surface area contributed by atoms with Gasteiger partial charge in [0, 0.05) is 37.0 Å². The van der Waals surface area contributed by atoms with E-state index in [4.69, 9.17) is 4.74 Å². The van der Waals surface area contributed by atoms with E-state index in [9.17, 15) is 17.9 Å². The molecule has 1 atom stereocenters. The van der Waals surface area contributed by atoms with Crippen molar-refractivity contribution in [3.8, 4) is 11.3 Å². The summed E-state index contributed by atoms with van der Waals surface area (Å²) >= 11 is 0. The minimum Gasteiger partial charge on any atom is -0.389 e. The molecule has 2 aromatic carbocycles. The molecule has 4 aromatic rings. The number of hydrogen-bond acceptors (Lipinski definition) is 8. The van der Waals surface area contributed by atoms with E-state index in [-0.39, 0.29) is 27.1 Å². The van der Waals surface area contributed by atoms with Crippen molar-refractivity contribution in [3.05, 3.63) is 71.6 Å². The molecule has 2 aromatic heterocycles. The Labute approximate surface area is 225 Å². The Bertz CT molecular complexity index is 1670. The number of anilines is 3. The van der Waals surface area contributed by atoms with Crippen LogP contribution in [-0.2, 0) is 14.6 Å². The average Bonchev–Trinajstić information content (AvgIpc) is 2.89. The molecule has 5 rings (SSSR count). The minimum atomic E-state index is -3.72. The van der Waals surface area contributed by atoms with E-state index < -0.39 is 27.6 Å². The van der Waals surface area contributed by atoms with Crippen molar-refractivity contribution >= 4 is 37.8 Å². The van der Waals surface area contributed by atoms with Crippen LogP contribution in [0.5, 0.6) is 0 Å². The SMILES string of the molecule is Cc1c(-c2cc([C@@H](C)O)ccc2S(C)(=O)=O)nc2cc(F)cc(F)c2c1Nc1cncc(N2CCOCC2)c1. The van der Waals surface area contributed by atoms with Gasteiger partial charge < -0.3 is 20.1 Å². The first-order valence-corrected chi connectivity index (χ1v) is 14.3. The van der Waals surface area contributed by atoms with Gasteiger partial charge >= 0.3 is 0 Å². The van der Waals surface area contributed by atoms with Crippen LogP contribution in [0.1, 0.15) is 24.2 Å². The highest BCUT2D eigenvalue weighted by Crippen LogP contribution is 2.40. The summed E-state index contributed by atoms with van der Waals surface area (Å²) in [6.07, 6.45) is 3.52. The molecule has 1 saturated heterocycles. The number of sulfone groups is 1. The molecule has 3 heterocycles. The van der Waals surface area contributed by atoms with Gasteiger partial charge in [0.05, 0.1) is 70.3 Å². The number of aliphatic hydroxyl groups is 1. The van der Waals surface area contributed by atoms with Gasteiger partial charge in [-0.25, -0.2) is 22.2 Å². The molecule has 1 aliphatic rings. The Morgan fingerprint density at radius 1 is 1.10 bits per heavy atom. The number of benzene rings is 2. The van der Waals surface area contributed by atoms with Gasteiger partial charge in [-0.2, -0.15) is 0 Å². The fourth-order valence-electron chi connectivity index (χ4n) is 4.78. The third kappa shape index (κ3) is 5.42. The molecule has 0 unspecified atom stereocenters. The molecule has 0 amide bonds. The summed E-state index contributed by atoms with van der Waals surface area (Å²) in [5.41, 5.74) is 3.09. The molecule has 0 radical (unpaired) electrons. The third-order valence-corrected chi connectivity index (χ3v) is 7.91. The van der Waals surface area contributed by atoms with Crippen molar-refractivity contribution in [3.63, 3.8) is 0 Å². The van der Waals surface area contributed by atoms with Crippen LogP contribution < -0.4 is 10.2 Å². The number of fused-ring (bicyclic) bond motifs is 1. The van der Waals surface area contributed by atoms with Crippen molar-refractivity contribution in [1.82, 2.24) is 9.97 Å². The van der Waals surface area contributed by atoms with E-state index in [0.29, 0.717) is 48.8 Å². The van der Waals surface area contributed by atoms with Gasteiger partial charge in [-0.15, -0.1) is 0 Å². The van der Waals surface area contributed by atoms with E-state index in [0.717, 1.165) is 24.1 Å². The average molecular weight is 555 g/mol. The molecular formula is C28H28F2N4O4S. The second-order valence-corrected chi connectivity index (χ2v) is 11.6. The van der Waals surface area contributed by atoms with Crippen LogP contribution in [0, 0.1) is 18.6 Å². The molecule has 0 spiro atoms. The first-order valence-electron chi connectivity index (χ1n) is 12.4. The standard InChI is InChI=1S/C28H28F2N4O4S/c1-16-27(22-10-18(17(2)35)4-5-25(22)39(3,36)37)33-24-12-19(29)11-23(30)26(24)28(16)32-20-13-21(15-31-14-20)34-6-8-38-9-7-34/h4-5,10-15,17,35H,6-9H2,1-3H3,(H,32,33)/t17-/m1/s1. The molecule has 11 heteroatoms. The Balaban J connectivity index is 1.73. The molecule has 0 saturated carbocycles. The molecule has 0 bridgehead atoms. The van der Waals surface area contributed by atoms with Gasteiger partial charge in [0.1, 0.15) is 11.6 Å². The summed E-state index contributed by atoms with van der Waals surface area (Å²) in [4.78, 5) is 11.0. The highest BCUT2D eigenvalue weighted by molar-refractivity contribution is 7.90. The fraction of sp³-hybridized carbons (Fsp3) is 0.286. The minimum absolute atomic E-state index is 0.00907. The largest absolute Gasteiger partial charge is 0.389 e. The first kappa shape index (κ1) is 26.9. The van der Waals surface area contributed by atoms with E-state index >= 15 is 4.39 Å². The number of ether oxygens (including phenoxy) is 1. The number of morpholine rings is 1. The highest BCUT2D eigenvalue weighted by atomic mass is 32.2. The Kier molecular flexibility index (Phi) is 7.23. The van der Waals surface area contributed by atoms with Crippen LogP contribution in [0.25, 0.3) is 22.2 Å². The number of rotatable bonds is 6. The second kappa shape index (κ2) is 10.5. The maximum atomic E-state index is 15.2. The summed E-state index contributed by atoms with van der Waals surface area (Å²) < 4.78 is 60.4. The maximum absolute atomic E-state index is 15.2. The lowest BCUT2D eigenvalue weighted by Gasteiger charge is -2.29. The van der Waals surface area contributed by atoms with Crippen LogP contribution in [0.2, 0.25) is 0 Å². The zero-order valence-electron chi connectivity index (χ0n) is 21.7. The molecule has 2 N–H and O–H groups in total. The van der Waals surface area contributed by atoms with Gasteiger partial charge in [0.15, 0.2) is 9.84 Å². The second-order valence-electron chi connectivity index (χ2n) is 9.60. The third-order valence-electron chi connectivity index (χ3n) is 6.76. The summed E-state index contributed by atoms with van der Waals surface area (Å²) in [7, 11) is -3.72. The fourth-order valence-corrected chi connectivity index (χ4v) is 5.65. The smallest absolute Gasteiger partial charge is 0.176 e. The van der Waals surface area contributed by atoms with Gasteiger partial charge in [-0.3, -0.25) is 4.98 Å². The summed E-state index contributed by atoms with van der Waals surface area (Å²) in [6.45, 7) is 5.85. The van der Waals surface area contributed by atoms with Crippen LogP contribution in [0.4, 0.5) is 25.8 Å². The van der Waals surface area contributed by atoms with Crippen LogP contribution in [0.15, 0.2) is 53.7 Å². The van der Waals surface area contributed by atoms with Crippen molar-refractivity contribution < 1.29 is 27.0 Å². The van der Waals surface area contributed by atoms with Crippen molar-refractivity contribution in [2.45, 2.75) is 24.8 Å². The van der Waals surface area contributed by atoms with E-state index in [1.165, 1.54) is 12.1 Å². The molecular weight excluding hydrogens is 526 g/mol. The van der Waals surface area contributed by atoms with Crippen molar-refractivity contribution in [2.24, 2.45) is 0 Å². The lowest BCUT2D eigenvalue weighted by atomic mass is 9.98. The normalized spacial score (nSPS) is 15.0.